The number of aromatic nitrogens is 3. The van der Waals surface area contributed by atoms with Crippen molar-refractivity contribution in [3.8, 4) is 0 Å². The molecule has 0 saturated heterocycles. The smallest absolute Gasteiger partial charge is 0.288 e. The molecule has 0 aliphatic carbocycles. The van der Waals surface area contributed by atoms with E-state index in [2.05, 4.69) is 32.7 Å². The van der Waals surface area contributed by atoms with E-state index < -0.39 is 0 Å². The van der Waals surface area contributed by atoms with Gasteiger partial charge in [0.2, 0.25) is 0 Å². The van der Waals surface area contributed by atoms with E-state index in [1.165, 1.54) is 11.3 Å². The molecule has 0 aromatic carbocycles. The molecule has 3 N–H and O–H groups in total. The van der Waals surface area contributed by atoms with Gasteiger partial charge in [-0.05, 0) is 22.6 Å². The Labute approximate surface area is 109 Å². The standard InChI is InChI=1S/C8H8IN5OS/c9-5-1-11-14(2-5)3-6-4-16-8(12-6)7(15)13-10/h1-2,4H,3,10H2,(H,13,15). The maximum atomic E-state index is 11.2. The van der Waals surface area contributed by atoms with E-state index >= 15 is 0 Å². The van der Waals surface area contributed by atoms with Crippen LogP contribution >= 0.6 is 33.9 Å². The van der Waals surface area contributed by atoms with E-state index in [4.69, 9.17) is 5.84 Å². The summed E-state index contributed by atoms with van der Waals surface area (Å²) >= 11 is 3.45. The molecule has 0 radical (unpaired) electrons. The van der Waals surface area contributed by atoms with Crippen molar-refractivity contribution < 1.29 is 4.79 Å². The van der Waals surface area contributed by atoms with Gasteiger partial charge in [0.15, 0.2) is 5.01 Å². The number of rotatable bonds is 3. The number of thiazole rings is 1. The van der Waals surface area contributed by atoms with Crippen LogP contribution in [0.5, 0.6) is 0 Å². The lowest BCUT2D eigenvalue weighted by molar-refractivity contribution is 0.0953. The minimum Gasteiger partial charge on any atom is -0.288 e. The Balaban J connectivity index is 2.11. The summed E-state index contributed by atoms with van der Waals surface area (Å²) in [5.74, 6) is 4.65. The zero-order valence-corrected chi connectivity index (χ0v) is 11.0. The Bertz CT molecular complexity index is 508. The van der Waals surface area contributed by atoms with Gasteiger partial charge in [-0.2, -0.15) is 5.10 Å². The minimum atomic E-state index is -0.369. The number of hydrazine groups is 1. The second kappa shape index (κ2) is 4.89. The molecule has 0 bridgehead atoms. The molecule has 2 heterocycles. The fourth-order valence-electron chi connectivity index (χ4n) is 1.14. The first-order valence-electron chi connectivity index (χ1n) is 4.32. The number of hydrogen-bond acceptors (Lipinski definition) is 5. The highest BCUT2D eigenvalue weighted by atomic mass is 127. The molecule has 16 heavy (non-hydrogen) atoms. The van der Waals surface area contributed by atoms with Crippen molar-refractivity contribution in [1.82, 2.24) is 20.2 Å². The number of nitrogens with two attached hydrogens (primary N) is 1. The van der Waals surface area contributed by atoms with Crippen LogP contribution < -0.4 is 11.3 Å². The number of carbonyl (C=O) groups is 1. The molecule has 6 nitrogen and oxygen atoms in total. The quantitative estimate of drug-likeness (QED) is 0.368. The van der Waals surface area contributed by atoms with Gasteiger partial charge >= 0.3 is 0 Å². The van der Waals surface area contributed by atoms with Crippen molar-refractivity contribution in [2.45, 2.75) is 6.54 Å². The average Bonchev–Trinajstić information content (AvgIpc) is 2.87. The number of nitrogen functional groups attached to an aromatic ring is 1. The topological polar surface area (TPSA) is 85.8 Å². The lowest BCUT2D eigenvalue weighted by atomic mass is 10.5. The third kappa shape index (κ3) is 2.57. The highest BCUT2D eigenvalue weighted by Crippen LogP contribution is 2.11. The highest BCUT2D eigenvalue weighted by molar-refractivity contribution is 14.1. The van der Waals surface area contributed by atoms with Gasteiger partial charge in [0.25, 0.3) is 5.91 Å². The first kappa shape index (κ1) is 11.5. The Morgan fingerprint density at radius 3 is 3.12 bits per heavy atom. The SMILES string of the molecule is NNC(=O)c1nc(Cn2cc(I)cn2)cs1. The zero-order valence-electron chi connectivity index (χ0n) is 8.05. The van der Waals surface area contributed by atoms with Crippen molar-refractivity contribution >= 4 is 39.8 Å². The molecule has 0 fully saturated rings. The monoisotopic (exact) mass is 349 g/mol. The van der Waals surface area contributed by atoms with Gasteiger partial charge in [-0.1, -0.05) is 0 Å². The third-order valence-corrected chi connectivity index (χ3v) is 3.25. The summed E-state index contributed by atoms with van der Waals surface area (Å²) in [6.45, 7) is 0.553. The Hall–Kier alpha value is -1.00. The molecule has 2 aromatic rings. The predicted molar refractivity (Wildman–Crippen MR) is 67.8 cm³/mol. The molecule has 1 amide bonds. The van der Waals surface area contributed by atoms with Crippen molar-refractivity contribution in [2.24, 2.45) is 5.84 Å². The second-order valence-corrected chi connectivity index (χ2v) is 5.08. The van der Waals surface area contributed by atoms with Crippen molar-refractivity contribution in [2.75, 3.05) is 0 Å². The van der Waals surface area contributed by atoms with Crippen LogP contribution in [-0.4, -0.2) is 20.7 Å². The number of carbonyl (C=O) groups excluding carboxylic acids is 1. The number of amides is 1. The van der Waals surface area contributed by atoms with Crippen molar-refractivity contribution in [3.05, 3.63) is 32.0 Å². The molecule has 84 valence electrons. The Morgan fingerprint density at radius 1 is 1.69 bits per heavy atom. The predicted octanol–water partition coefficient (Wildman–Crippen LogP) is 0.596. The fourth-order valence-corrected chi connectivity index (χ4v) is 2.29. The van der Waals surface area contributed by atoms with Crippen LogP contribution in [0.4, 0.5) is 0 Å². The van der Waals surface area contributed by atoms with Crippen molar-refractivity contribution in [3.63, 3.8) is 0 Å². The van der Waals surface area contributed by atoms with Gasteiger partial charge in [0.05, 0.1) is 22.0 Å². The summed E-state index contributed by atoms with van der Waals surface area (Å²) in [4.78, 5) is 15.3. The summed E-state index contributed by atoms with van der Waals surface area (Å²) in [6.07, 6.45) is 3.67. The minimum absolute atomic E-state index is 0.361. The second-order valence-electron chi connectivity index (χ2n) is 2.97. The Morgan fingerprint density at radius 2 is 2.50 bits per heavy atom. The summed E-state index contributed by atoms with van der Waals surface area (Å²) < 4.78 is 2.83. The Kier molecular flexibility index (Phi) is 3.51. The zero-order chi connectivity index (χ0) is 11.5. The van der Waals surface area contributed by atoms with Crippen LogP contribution in [0.15, 0.2) is 17.8 Å². The molecule has 0 saturated carbocycles. The molecule has 0 aliphatic heterocycles. The van der Waals surface area contributed by atoms with Crippen LogP contribution in [0.3, 0.4) is 0 Å². The van der Waals surface area contributed by atoms with Crippen LogP contribution in [-0.2, 0) is 6.54 Å². The van der Waals surface area contributed by atoms with Crippen LogP contribution in [0.1, 0.15) is 15.5 Å². The van der Waals surface area contributed by atoms with Gasteiger partial charge in [-0.15, -0.1) is 11.3 Å². The molecule has 0 aliphatic rings. The fraction of sp³-hybridized carbons (Fsp3) is 0.125. The number of nitrogens with zero attached hydrogens (tertiary/aromatic N) is 3. The maximum Gasteiger partial charge on any atom is 0.294 e. The molecule has 2 rings (SSSR count). The van der Waals surface area contributed by atoms with Gasteiger partial charge in [-0.25, -0.2) is 10.8 Å². The molecule has 8 heteroatoms. The summed E-state index contributed by atoms with van der Waals surface area (Å²) in [7, 11) is 0. The average molecular weight is 349 g/mol. The van der Waals surface area contributed by atoms with Gasteiger partial charge in [-0.3, -0.25) is 14.9 Å². The lowest BCUT2D eigenvalue weighted by Gasteiger charge is -1.96. The largest absolute Gasteiger partial charge is 0.294 e. The van der Waals surface area contributed by atoms with Crippen LogP contribution in [0.25, 0.3) is 0 Å². The number of hydrogen-bond donors (Lipinski definition) is 2. The van der Waals surface area contributed by atoms with E-state index in [0.29, 0.717) is 11.6 Å². The van der Waals surface area contributed by atoms with E-state index in [0.717, 1.165) is 9.26 Å². The summed E-state index contributed by atoms with van der Waals surface area (Å²) in [5.41, 5.74) is 2.84. The molecule has 0 unspecified atom stereocenters. The van der Waals surface area contributed by atoms with E-state index in [-0.39, 0.29) is 5.91 Å². The molecular weight excluding hydrogens is 341 g/mol. The lowest BCUT2D eigenvalue weighted by Crippen LogP contribution is -2.29. The first-order chi connectivity index (χ1) is 7.69. The molecule has 0 atom stereocenters. The first-order valence-corrected chi connectivity index (χ1v) is 6.28. The normalized spacial score (nSPS) is 10.4. The molecular formula is C8H8IN5OS. The van der Waals surface area contributed by atoms with Crippen molar-refractivity contribution in [1.29, 1.82) is 0 Å². The number of halogens is 1. The van der Waals surface area contributed by atoms with E-state index in [1.54, 1.807) is 10.9 Å². The van der Waals surface area contributed by atoms with Gasteiger partial charge < -0.3 is 0 Å². The van der Waals surface area contributed by atoms with Crippen LogP contribution in [0.2, 0.25) is 0 Å². The number of nitrogens with one attached hydrogen (secondary N) is 1. The van der Waals surface area contributed by atoms with E-state index in [9.17, 15) is 4.79 Å². The molecule has 2 aromatic heterocycles. The summed E-state index contributed by atoms with van der Waals surface area (Å²) in [5, 5.41) is 6.31. The molecule has 0 spiro atoms. The van der Waals surface area contributed by atoms with Crippen LogP contribution in [0, 0.1) is 3.57 Å². The van der Waals surface area contributed by atoms with Gasteiger partial charge in [0, 0.05) is 11.6 Å². The van der Waals surface area contributed by atoms with Gasteiger partial charge in [0.1, 0.15) is 0 Å². The maximum absolute atomic E-state index is 11.2. The summed E-state index contributed by atoms with van der Waals surface area (Å²) in [6, 6.07) is 0. The highest BCUT2D eigenvalue weighted by Gasteiger charge is 2.09. The van der Waals surface area contributed by atoms with E-state index in [1.807, 2.05) is 17.0 Å². The third-order valence-electron chi connectivity index (χ3n) is 1.80.